The highest BCUT2D eigenvalue weighted by Crippen LogP contribution is 2.26. The molecule has 1 unspecified atom stereocenters. The number of halogens is 1. The van der Waals surface area contributed by atoms with E-state index < -0.39 is 12.0 Å². The molecular formula is C19H22FN5O2S. The predicted molar refractivity (Wildman–Crippen MR) is 107 cm³/mol. The number of amidine groups is 1. The highest BCUT2D eigenvalue weighted by Gasteiger charge is 2.38. The maximum absolute atomic E-state index is 13.5. The first kappa shape index (κ1) is 18.8. The van der Waals surface area contributed by atoms with Crippen molar-refractivity contribution in [3.63, 3.8) is 0 Å². The van der Waals surface area contributed by atoms with E-state index in [2.05, 4.69) is 15.8 Å². The molecule has 0 saturated heterocycles. The molecule has 3 aliphatic rings. The summed E-state index contributed by atoms with van der Waals surface area (Å²) in [5, 5.41) is 7.84. The third-order valence-electron chi connectivity index (χ3n) is 5.02. The molecule has 0 radical (unpaired) electrons. The fraction of sp³-hybridized carbons (Fsp3) is 0.421. The zero-order valence-corrected chi connectivity index (χ0v) is 16.1. The quantitative estimate of drug-likeness (QED) is 0.807. The number of thioether (sulfide) groups is 1. The lowest BCUT2D eigenvalue weighted by molar-refractivity contribution is -0.122. The molecule has 0 spiro atoms. The lowest BCUT2D eigenvalue weighted by Crippen LogP contribution is -2.52. The lowest BCUT2D eigenvalue weighted by atomic mass is 9.95. The molecule has 1 aliphatic carbocycles. The van der Waals surface area contributed by atoms with E-state index in [1.54, 1.807) is 29.4 Å². The molecule has 2 aliphatic heterocycles. The first-order valence-corrected chi connectivity index (χ1v) is 10.4. The lowest BCUT2D eigenvalue weighted by Gasteiger charge is -2.31. The van der Waals surface area contributed by atoms with E-state index >= 15 is 0 Å². The Morgan fingerprint density at radius 1 is 1.29 bits per heavy atom. The topological polar surface area (TPSA) is 77.0 Å². The zero-order chi connectivity index (χ0) is 19.5. The van der Waals surface area contributed by atoms with Gasteiger partial charge in [-0.3, -0.25) is 24.8 Å². The van der Waals surface area contributed by atoms with E-state index in [9.17, 15) is 14.0 Å². The van der Waals surface area contributed by atoms with Crippen molar-refractivity contribution in [1.29, 1.82) is 0 Å². The molecule has 148 valence electrons. The van der Waals surface area contributed by atoms with Crippen molar-refractivity contribution in [1.82, 2.24) is 15.6 Å². The van der Waals surface area contributed by atoms with E-state index in [0.717, 1.165) is 12.8 Å². The van der Waals surface area contributed by atoms with Gasteiger partial charge < -0.3 is 5.32 Å². The number of carbonyl (C=O) groups excluding carboxylic acids is 2. The first-order valence-electron chi connectivity index (χ1n) is 9.42. The van der Waals surface area contributed by atoms with E-state index in [-0.39, 0.29) is 23.6 Å². The molecular weight excluding hydrogens is 381 g/mol. The second kappa shape index (κ2) is 8.22. The van der Waals surface area contributed by atoms with Crippen LogP contribution in [-0.4, -0.2) is 39.8 Å². The molecule has 0 bridgehead atoms. The van der Waals surface area contributed by atoms with Crippen molar-refractivity contribution in [2.45, 2.75) is 44.3 Å². The zero-order valence-electron chi connectivity index (χ0n) is 15.3. The maximum Gasteiger partial charge on any atom is 0.276 e. The average molecular weight is 403 g/mol. The summed E-state index contributed by atoms with van der Waals surface area (Å²) >= 11 is 1.29. The molecule has 2 N–H and O–H groups in total. The fourth-order valence-corrected chi connectivity index (χ4v) is 4.38. The number of hydrazone groups is 1. The summed E-state index contributed by atoms with van der Waals surface area (Å²) in [5.74, 6) is -0.441. The van der Waals surface area contributed by atoms with Gasteiger partial charge in [0.1, 0.15) is 5.82 Å². The second-order valence-corrected chi connectivity index (χ2v) is 7.95. The number of fused-ring (bicyclic) bond motifs is 1. The number of benzene rings is 1. The minimum Gasteiger partial charge on any atom is -0.353 e. The van der Waals surface area contributed by atoms with Crippen molar-refractivity contribution >= 4 is 34.4 Å². The van der Waals surface area contributed by atoms with Gasteiger partial charge in [0.15, 0.2) is 5.17 Å². The Balaban J connectivity index is 1.35. The number of anilines is 1. The van der Waals surface area contributed by atoms with Gasteiger partial charge in [-0.05, 0) is 31.0 Å². The van der Waals surface area contributed by atoms with Gasteiger partial charge in [-0.1, -0.05) is 37.1 Å². The number of hydrogen-bond acceptors (Lipinski definition) is 6. The summed E-state index contributed by atoms with van der Waals surface area (Å²) in [5.41, 5.74) is 3.26. The van der Waals surface area contributed by atoms with Gasteiger partial charge in [0.2, 0.25) is 12.1 Å². The molecule has 1 fully saturated rings. The van der Waals surface area contributed by atoms with Crippen molar-refractivity contribution in [3.05, 3.63) is 42.5 Å². The summed E-state index contributed by atoms with van der Waals surface area (Å²) in [7, 11) is 0. The summed E-state index contributed by atoms with van der Waals surface area (Å²) < 4.78 is 13.5. The molecule has 28 heavy (non-hydrogen) atoms. The molecule has 1 aromatic carbocycles. The van der Waals surface area contributed by atoms with E-state index in [0.29, 0.717) is 10.9 Å². The third-order valence-corrected chi connectivity index (χ3v) is 5.99. The highest BCUT2D eigenvalue weighted by atomic mass is 32.2. The molecule has 2 amide bonds. The van der Waals surface area contributed by atoms with Crippen LogP contribution in [0.25, 0.3) is 0 Å². The Labute approximate surface area is 167 Å². The highest BCUT2D eigenvalue weighted by molar-refractivity contribution is 8.14. The number of amides is 2. The smallest absolute Gasteiger partial charge is 0.276 e. The van der Waals surface area contributed by atoms with Gasteiger partial charge in [0.25, 0.3) is 5.91 Å². The van der Waals surface area contributed by atoms with E-state index in [1.165, 1.54) is 48.1 Å². The summed E-state index contributed by atoms with van der Waals surface area (Å²) in [4.78, 5) is 28.0. The number of carbonyl (C=O) groups is 2. The average Bonchev–Trinajstić information content (AvgIpc) is 3.11. The van der Waals surface area contributed by atoms with Gasteiger partial charge in [-0.15, -0.1) is 0 Å². The SMILES string of the molecule is O=C(CSC1=NNC2C(=O)N(c3cccc(F)c3)C=CN12)NC1CCCCC1. The van der Waals surface area contributed by atoms with Crippen LogP contribution in [0.3, 0.4) is 0 Å². The monoisotopic (exact) mass is 403 g/mol. The normalized spacial score (nSPS) is 22.0. The Morgan fingerprint density at radius 3 is 2.89 bits per heavy atom. The first-order chi connectivity index (χ1) is 13.6. The fourth-order valence-electron chi connectivity index (χ4n) is 3.61. The minimum atomic E-state index is -0.697. The van der Waals surface area contributed by atoms with Gasteiger partial charge in [0.05, 0.1) is 11.4 Å². The Bertz CT molecular complexity index is 824. The largest absolute Gasteiger partial charge is 0.353 e. The second-order valence-electron chi connectivity index (χ2n) is 7.01. The summed E-state index contributed by atoms with van der Waals surface area (Å²) in [6, 6.07) is 6.14. The number of hydrogen-bond donors (Lipinski definition) is 2. The van der Waals surface area contributed by atoms with Gasteiger partial charge >= 0.3 is 0 Å². The van der Waals surface area contributed by atoms with Gasteiger partial charge in [0, 0.05) is 18.4 Å². The van der Waals surface area contributed by atoms with Crippen LogP contribution < -0.4 is 15.6 Å². The van der Waals surface area contributed by atoms with Crippen molar-refractivity contribution in [2.75, 3.05) is 10.7 Å². The molecule has 0 aromatic heterocycles. The summed E-state index contributed by atoms with van der Waals surface area (Å²) in [6.07, 6.45) is 8.25. The van der Waals surface area contributed by atoms with Crippen LogP contribution in [-0.2, 0) is 9.59 Å². The molecule has 9 heteroatoms. The maximum atomic E-state index is 13.5. The molecule has 2 heterocycles. The van der Waals surface area contributed by atoms with E-state index in [1.807, 2.05) is 0 Å². The van der Waals surface area contributed by atoms with Crippen LogP contribution in [0, 0.1) is 5.82 Å². The van der Waals surface area contributed by atoms with E-state index in [4.69, 9.17) is 0 Å². The van der Waals surface area contributed by atoms with Crippen LogP contribution in [0.4, 0.5) is 10.1 Å². The third kappa shape index (κ3) is 3.99. The number of rotatable bonds is 4. The van der Waals surface area contributed by atoms with Gasteiger partial charge in [-0.25, -0.2) is 4.39 Å². The van der Waals surface area contributed by atoms with Crippen LogP contribution >= 0.6 is 11.8 Å². The molecule has 1 atom stereocenters. The van der Waals surface area contributed by atoms with Crippen LogP contribution in [0.5, 0.6) is 0 Å². The minimum absolute atomic E-state index is 0.0169. The number of nitrogens with zero attached hydrogens (tertiary/aromatic N) is 3. The number of nitrogens with one attached hydrogen (secondary N) is 2. The van der Waals surface area contributed by atoms with Crippen molar-refractivity contribution in [3.8, 4) is 0 Å². The van der Waals surface area contributed by atoms with Crippen molar-refractivity contribution in [2.24, 2.45) is 5.10 Å². The van der Waals surface area contributed by atoms with Crippen LogP contribution in [0.1, 0.15) is 32.1 Å². The van der Waals surface area contributed by atoms with Crippen molar-refractivity contribution < 1.29 is 14.0 Å². The predicted octanol–water partition coefficient (Wildman–Crippen LogP) is 2.33. The van der Waals surface area contributed by atoms with Crippen LogP contribution in [0.2, 0.25) is 0 Å². The Morgan fingerprint density at radius 2 is 2.11 bits per heavy atom. The molecule has 1 aromatic rings. The molecule has 4 rings (SSSR count). The van der Waals surface area contributed by atoms with Gasteiger partial charge in [-0.2, -0.15) is 5.10 Å². The van der Waals surface area contributed by atoms with Crippen LogP contribution in [0.15, 0.2) is 41.8 Å². The Kier molecular flexibility index (Phi) is 5.52. The standard InChI is InChI=1S/C19H22FN5O2S/c20-13-5-4-8-15(11-13)24-9-10-25-17(18(24)27)22-23-19(25)28-12-16(26)21-14-6-2-1-3-7-14/h4-5,8-11,14,17,22H,1-3,6-7,12H2,(H,21,26). The molecule has 7 nitrogen and oxygen atoms in total. The summed E-state index contributed by atoms with van der Waals surface area (Å²) in [6.45, 7) is 0. The molecule has 1 saturated carbocycles. The Hall–Kier alpha value is -2.55.